The molecule has 0 saturated carbocycles. The standard InChI is InChI=1S/C9H5N3O3/c10-4-3-6-7(5-11)8(12(14)15)1-2-9(6)13/h1-2,13H,3H2. The Hall–Kier alpha value is -2.60. The number of nitriles is 2. The summed E-state index contributed by atoms with van der Waals surface area (Å²) in [6, 6.07) is 5.49. The van der Waals surface area contributed by atoms with Crippen LogP contribution in [0.15, 0.2) is 12.1 Å². The number of hydrogen-bond acceptors (Lipinski definition) is 5. The fraction of sp³-hybridized carbons (Fsp3) is 0.111. The molecule has 0 aliphatic carbocycles. The quantitative estimate of drug-likeness (QED) is 0.574. The van der Waals surface area contributed by atoms with Gasteiger partial charge in [-0.1, -0.05) is 0 Å². The molecule has 0 unspecified atom stereocenters. The SMILES string of the molecule is N#CCc1c(O)ccc([N+](=O)[O-])c1C#N. The van der Waals surface area contributed by atoms with E-state index in [2.05, 4.69) is 0 Å². The van der Waals surface area contributed by atoms with Gasteiger partial charge in [-0.15, -0.1) is 0 Å². The molecule has 1 aromatic carbocycles. The van der Waals surface area contributed by atoms with Gasteiger partial charge in [0.1, 0.15) is 17.4 Å². The van der Waals surface area contributed by atoms with Gasteiger partial charge in [-0.3, -0.25) is 10.1 Å². The summed E-state index contributed by atoms with van der Waals surface area (Å²) in [6.45, 7) is 0. The summed E-state index contributed by atoms with van der Waals surface area (Å²) in [5, 5.41) is 37.1. The Morgan fingerprint density at radius 3 is 2.60 bits per heavy atom. The maximum absolute atomic E-state index is 10.5. The summed E-state index contributed by atoms with van der Waals surface area (Å²) in [5.41, 5.74) is -0.670. The van der Waals surface area contributed by atoms with Gasteiger partial charge in [-0.05, 0) is 6.07 Å². The average Bonchev–Trinajstić information content (AvgIpc) is 2.20. The van der Waals surface area contributed by atoms with Crippen LogP contribution in [0, 0.1) is 32.8 Å². The second-order valence-electron chi connectivity index (χ2n) is 2.66. The van der Waals surface area contributed by atoms with Crippen molar-refractivity contribution in [2.75, 3.05) is 0 Å². The van der Waals surface area contributed by atoms with Gasteiger partial charge in [-0.2, -0.15) is 10.5 Å². The topological polar surface area (TPSA) is 111 Å². The predicted molar refractivity (Wildman–Crippen MR) is 48.8 cm³/mol. The highest BCUT2D eigenvalue weighted by Gasteiger charge is 2.20. The van der Waals surface area contributed by atoms with Crippen molar-refractivity contribution >= 4 is 5.69 Å². The van der Waals surface area contributed by atoms with Gasteiger partial charge in [0.05, 0.1) is 17.4 Å². The molecule has 6 heteroatoms. The number of nitro groups is 1. The molecule has 0 aliphatic heterocycles. The van der Waals surface area contributed by atoms with Crippen LogP contribution in [0.1, 0.15) is 11.1 Å². The number of aromatic hydroxyl groups is 1. The van der Waals surface area contributed by atoms with Gasteiger partial charge in [0.25, 0.3) is 5.69 Å². The van der Waals surface area contributed by atoms with E-state index in [0.717, 1.165) is 12.1 Å². The maximum atomic E-state index is 10.5. The van der Waals surface area contributed by atoms with Crippen LogP contribution in [0.3, 0.4) is 0 Å². The lowest BCUT2D eigenvalue weighted by molar-refractivity contribution is -0.385. The molecular formula is C9H5N3O3. The molecule has 74 valence electrons. The molecule has 1 aromatic rings. The molecular weight excluding hydrogens is 198 g/mol. The van der Waals surface area contributed by atoms with Crippen molar-refractivity contribution in [3.05, 3.63) is 33.4 Å². The molecule has 0 amide bonds. The highest BCUT2D eigenvalue weighted by molar-refractivity contribution is 5.58. The van der Waals surface area contributed by atoms with Crippen molar-refractivity contribution in [2.45, 2.75) is 6.42 Å². The molecule has 0 heterocycles. The van der Waals surface area contributed by atoms with E-state index in [4.69, 9.17) is 10.5 Å². The Labute approximate surface area is 84.8 Å². The van der Waals surface area contributed by atoms with E-state index < -0.39 is 10.6 Å². The lowest BCUT2D eigenvalue weighted by Crippen LogP contribution is -1.97. The number of rotatable bonds is 2. The first kappa shape index (κ1) is 10.5. The van der Waals surface area contributed by atoms with E-state index in [1.165, 1.54) is 0 Å². The smallest absolute Gasteiger partial charge is 0.287 e. The van der Waals surface area contributed by atoms with Crippen molar-refractivity contribution in [3.8, 4) is 17.9 Å². The van der Waals surface area contributed by atoms with E-state index >= 15 is 0 Å². The number of benzene rings is 1. The Kier molecular flexibility index (Phi) is 2.85. The number of hydrogen-bond donors (Lipinski definition) is 1. The van der Waals surface area contributed by atoms with Crippen LogP contribution < -0.4 is 0 Å². The largest absolute Gasteiger partial charge is 0.508 e. The van der Waals surface area contributed by atoms with Gasteiger partial charge in [-0.25, -0.2) is 0 Å². The molecule has 1 N–H and O–H groups in total. The number of nitrogens with zero attached hydrogens (tertiary/aromatic N) is 3. The van der Waals surface area contributed by atoms with Crippen LogP contribution in [-0.2, 0) is 6.42 Å². The van der Waals surface area contributed by atoms with Gasteiger partial charge in [0, 0.05) is 11.6 Å². The third-order valence-electron chi connectivity index (χ3n) is 1.83. The van der Waals surface area contributed by atoms with Crippen LogP contribution in [0.2, 0.25) is 0 Å². The molecule has 0 spiro atoms. The Morgan fingerprint density at radius 1 is 1.47 bits per heavy atom. The van der Waals surface area contributed by atoms with Crippen molar-refractivity contribution in [1.82, 2.24) is 0 Å². The highest BCUT2D eigenvalue weighted by atomic mass is 16.6. The monoisotopic (exact) mass is 203 g/mol. The zero-order valence-corrected chi connectivity index (χ0v) is 7.47. The van der Waals surface area contributed by atoms with E-state index in [0.29, 0.717) is 0 Å². The van der Waals surface area contributed by atoms with Crippen molar-refractivity contribution in [3.63, 3.8) is 0 Å². The molecule has 15 heavy (non-hydrogen) atoms. The first-order chi connectivity index (χ1) is 7.11. The fourth-order valence-electron chi connectivity index (χ4n) is 1.16. The van der Waals surface area contributed by atoms with Crippen LogP contribution in [0.4, 0.5) is 5.69 Å². The molecule has 0 saturated heterocycles. The lowest BCUT2D eigenvalue weighted by atomic mass is 10.0. The Bertz CT molecular complexity index is 497. The second-order valence-corrected chi connectivity index (χ2v) is 2.66. The first-order valence-corrected chi connectivity index (χ1v) is 3.88. The molecule has 0 bridgehead atoms. The van der Waals surface area contributed by atoms with Crippen molar-refractivity contribution < 1.29 is 10.0 Å². The molecule has 1 rings (SSSR count). The van der Waals surface area contributed by atoms with Crippen molar-refractivity contribution in [2.24, 2.45) is 0 Å². The molecule has 0 radical (unpaired) electrons. The number of phenols is 1. The maximum Gasteiger partial charge on any atom is 0.287 e. The van der Waals surface area contributed by atoms with Gasteiger partial charge >= 0.3 is 0 Å². The number of nitro benzene ring substituents is 1. The minimum atomic E-state index is -0.723. The lowest BCUT2D eigenvalue weighted by Gasteiger charge is -2.02. The van der Waals surface area contributed by atoms with Crippen LogP contribution in [-0.4, -0.2) is 10.0 Å². The zero-order chi connectivity index (χ0) is 11.4. The molecule has 0 fully saturated rings. The molecule has 0 atom stereocenters. The van der Waals surface area contributed by atoms with Gasteiger partial charge in [0.2, 0.25) is 0 Å². The molecule has 0 aliphatic rings. The summed E-state index contributed by atoms with van der Waals surface area (Å²) >= 11 is 0. The second kappa shape index (κ2) is 4.07. The first-order valence-electron chi connectivity index (χ1n) is 3.88. The van der Waals surface area contributed by atoms with Crippen molar-refractivity contribution in [1.29, 1.82) is 10.5 Å². The van der Waals surface area contributed by atoms with Crippen LogP contribution >= 0.6 is 0 Å². The summed E-state index contributed by atoms with van der Waals surface area (Å²) in [7, 11) is 0. The van der Waals surface area contributed by atoms with Gasteiger partial charge < -0.3 is 5.11 Å². The summed E-state index contributed by atoms with van der Waals surface area (Å²) in [6.07, 6.45) is -0.240. The highest BCUT2D eigenvalue weighted by Crippen LogP contribution is 2.29. The minimum Gasteiger partial charge on any atom is -0.508 e. The Balaban J connectivity index is 3.50. The normalized spacial score (nSPS) is 8.93. The minimum absolute atomic E-state index is 0.00537. The van der Waals surface area contributed by atoms with E-state index in [1.807, 2.05) is 0 Å². The third kappa shape index (κ3) is 1.84. The predicted octanol–water partition coefficient (Wildman–Crippen LogP) is 1.24. The van der Waals surface area contributed by atoms with E-state index in [1.54, 1.807) is 12.1 Å². The summed E-state index contributed by atoms with van der Waals surface area (Å²) < 4.78 is 0. The van der Waals surface area contributed by atoms with Crippen LogP contribution in [0.25, 0.3) is 0 Å². The summed E-state index contributed by atoms with van der Waals surface area (Å²) in [5.74, 6) is -0.279. The van der Waals surface area contributed by atoms with E-state index in [9.17, 15) is 15.2 Å². The average molecular weight is 203 g/mol. The summed E-state index contributed by atoms with van der Waals surface area (Å²) in [4.78, 5) is 9.81. The molecule has 6 nitrogen and oxygen atoms in total. The fourth-order valence-corrected chi connectivity index (χ4v) is 1.16. The Morgan fingerprint density at radius 2 is 2.13 bits per heavy atom. The number of phenolic OH excluding ortho intramolecular Hbond substituents is 1. The third-order valence-corrected chi connectivity index (χ3v) is 1.83. The van der Waals surface area contributed by atoms with E-state index in [-0.39, 0.29) is 23.3 Å². The van der Waals surface area contributed by atoms with Gasteiger partial charge in [0.15, 0.2) is 0 Å². The molecule has 0 aromatic heterocycles. The zero-order valence-electron chi connectivity index (χ0n) is 7.47. The van der Waals surface area contributed by atoms with Crippen LogP contribution in [0.5, 0.6) is 5.75 Å².